The molecule has 22 heavy (non-hydrogen) atoms. The third-order valence-electron chi connectivity index (χ3n) is 3.22. The molecule has 1 amide bonds. The number of amides is 1. The van der Waals surface area contributed by atoms with Gasteiger partial charge < -0.3 is 11.1 Å². The number of anilines is 1. The van der Waals surface area contributed by atoms with Crippen molar-refractivity contribution in [3.05, 3.63) is 35.2 Å². The summed E-state index contributed by atoms with van der Waals surface area (Å²) in [5.74, 6) is -0.217. The first-order valence-corrected chi connectivity index (χ1v) is 8.09. The number of unbranched alkanes of at least 4 members (excludes halogenated alkanes) is 1. The van der Waals surface area contributed by atoms with Crippen LogP contribution in [0.2, 0.25) is 0 Å². The quantitative estimate of drug-likeness (QED) is 0.839. The van der Waals surface area contributed by atoms with E-state index in [1.54, 1.807) is 6.92 Å². The first-order valence-electron chi connectivity index (χ1n) is 7.21. The molecule has 3 N–H and O–H groups in total. The van der Waals surface area contributed by atoms with Crippen molar-refractivity contribution < 1.29 is 4.79 Å². The van der Waals surface area contributed by atoms with Gasteiger partial charge in [-0.3, -0.25) is 4.79 Å². The van der Waals surface area contributed by atoms with Crippen molar-refractivity contribution in [1.82, 2.24) is 4.98 Å². The van der Waals surface area contributed by atoms with Gasteiger partial charge in [-0.25, -0.2) is 4.98 Å². The molecular formula is C16H22ClN3OS. The minimum Gasteiger partial charge on any atom is -0.320 e. The number of nitrogens with one attached hydrogen (secondary N) is 1. The third-order valence-corrected chi connectivity index (χ3v) is 3.97. The Bertz CT molecular complexity index is 596. The van der Waals surface area contributed by atoms with Crippen LogP contribution < -0.4 is 11.1 Å². The highest BCUT2D eigenvalue weighted by Crippen LogP contribution is 2.25. The minimum absolute atomic E-state index is 0. The van der Waals surface area contributed by atoms with Crippen LogP contribution in [0, 0.1) is 0 Å². The Morgan fingerprint density at radius 1 is 1.36 bits per heavy atom. The molecule has 0 aliphatic rings. The highest BCUT2D eigenvalue weighted by Gasteiger charge is 2.11. The van der Waals surface area contributed by atoms with Crippen LogP contribution in [0.3, 0.4) is 0 Å². The molecule has 1 heterocycles. The lowest BCUT2D eigenvalue weighted by molar-refractivity contribution is -0.117. The highest BCUT2D eigenvalue weighted by molar-refractivity contribution is 7.14. The molecule has 0 aliphatic carbocycles. The van der Waals surface area contributed by atoms with Gasteiger partial charge in [0.25, 0.3) is 0 Å². The van der Waals surface area contributed by atoms with Gasteiger partial charge in [0.1, 0.15) is 0 Å². The highest BCUT2D eigenvalue weighted by atomic mass is 35.5. The molecule has 0 radical (unpaired) electrons. The Labute approximate surface area is 141 Å². The Balaban J connectivity index is 0.00000242. The van der Waals surface area contributed by atoms with Crippen LogP contribution in [0.4, 0.5) is 5.13 Å². The van der Waals surface area contributed by atoms with Crippen LogP contribution in [-0.4, -0.2) is 16.9 Å². The maximum atomic E-state index is 11.5. The molecule has 0 unspecified atom stereocenters. The van der Waals surface area contributed by atoms with Crippen molar-refractivity contribution in [2.24, 2.45) is 5.73 Å². The van der Waals surface area contributed by atoms with E-state index >= 15 is 0 Å². The van der Waals surface area contributed by atoms with Crippen LogP contribution in [0.5, 0.6) is 0 Å². The van der Waals surface area contributed by atoms with Crippen LogP contribution >= 0.6 is 23.7 Å². The monoisotopic (exact) mass is 339 g/mol. The second-order valence-corrected chi connectivity index (χ2v) is 5.97. The fourth-order valence-corrected chi connectivity index (χ4v) is 2.63. The SMILES string of the molecule is CCCCc1ccc(-c2csc(NC(=O)[C@H](C)N)n2)cc1.Cl. The Morgan fingerprint density at radius 3 is 2.64 bits per heavy atom. The summed E-state index contributed by atoms with van der Waals surface area (Å²) in [6.07, 6.45) is 3.53. The molecule has 0 bridgehead atoms. The van der Waals surface area contributed by atoms with E-state index in [4.69, 9.17) is 5.73 Å². The van der Waals surface area contributed by atoms with Gasteiger partial charge in [-0.1, -0.05) is 37.6 Å². The maximum Gasteiger partial charge on any atom is 0.242 e. The first kappa shape index (κ1) is 18.6. The van der Waals surface area contributed by atoms with Gasteiger partial charge in [-0.15, -0.1) is 23.7 Å². The Morgan fingerprint density at radius 2 is 2.05 bits per heavy atom. The van der Waals surface area contributed by atoms with Crippen molar-refractivity contribution >= 4 is 34.8 Å². The van der Waals surface area contributed by atoms with E-state index in [1.165, 1.54) is 29.7 Å². The lowest BCUT2D eigenvalue weighted by atomic mass is 10.1. The minimum atomic E-state index is -0.532. The zero-order valence-corrected chi connectivity index (χ0v) is 14.5. The van der Waals surface area contributed by atoms with E-state index < -0.39 is 6.04 Å². The number of hydrogen-bond donors (Lipinski definition) is 2. The van der Waals surface area contributed by atoms with Crippen molar-refractivity contribution in [1.29, 1.82) is 0 Å². The largest absolute Gasteiger partial charge is 0.320 e. The van der Waals surface area contributed by atoms with Gasteiger partial charge in [0, 0.05) is 10.9 Å². The molecular weight excluding hydrogens is 318 g/mol. The fraction of sp³-hybridized carbons (Fsp3) is 0.375. The summed E-state index contributed by atoms with van der Waals surface area (Å²) in [6, 6.07) is 7.92. The Hall–Kier alpha value is -1.43. The smallest absolute Gasteiger partial charge is 0.242 e. The van der Waals surface area contributed by atoms with E-state index in [9.17, 15) is 4.79 Å². The normalized spacial score (nSPS) is 11.6. The number of nitrogens with zero attached hydrogens (tertiary/aromatic N) is 1. The molecule has 2 aromatic rings. The zero-order valence-electron chi connectivity index (χ0n) is 12.8. The summed E-state index contributed by atoms with van der Waals surface area (Å²) < 4.78 is 0. The average Bonchev–Trinajstić information content (AvgIpc) is 2.94. The number of benzene rings is 1. The van der Waals surface area contributed by atoms with Gasteiger partial charge in [0.05, 0.1) is 11.7 Å². The number of hydrogen-bond acceptors (Lipinski definition) is 4. The van der Waals surface area contributed by atoms with E-state index in [2.05, 4.69) is 41.5 Å². The lowest BCUT2D eigenvalue weighted by Gasteiger charge is -2.04. The molecule has 1 aromatic carbocycles. The maximum absolute atomic E-state index is 11.5. The van der Waals surface area contributed by atoms with Gasteiger partial charge >= 0.3 is 0 Å². The van der Waals surface area contributed by atoms with Gasteiger partial charge in [-0.2, -0.15) is 0 Å². The van der Waals surface area contributed by atoms with Crippen molar-refractivity contribution in [2.45, 2.75) is 39.2 Å². The molecule has 0 aliphatic heterocycles. The number of aryl methyl sites for hydroxylation is 1. The number of thiazole rings is 1. The Kier molecular flexibility index (Phi) is 7.51. The van der Waals surface area contributed by atoms with Gasteiger partial charge in [0.2, 0.25) is 5.91 Å². The van der Waals surface area contributed by atoms with Crippen LogP contribution in [0.1, 0.15) is 32.3 Å². The molecule has 1 aromatic heterocycles. The van der Waals surface area contributed by atoms with Gasteiger partial charge in [0.15, 0.2) is 5.13 Å². The van der Waals surface area contributed by atoms with Crippen LogP contribution in [0.15, 0.2) is 29.6 Å². The number of halogens is 1. The number of nitrogens with two attached hydrogens (primary N) is 1. The fourth-order valence-electron chi connectivity index (χ4n) is 1.91. The third kappa shape index (κ3) is 5.09. The number of aromatic nitrogens is 1. The van der Waals surface area contributed by atoms with E-state index in [-0.39, 0.29) is 18.3 Å². The average molecular weight is 340 g/mol. The van der Waals surface area contributed by atoms with Crippen LogP contribution in [-0.2, 0) is 11.2 Å². The summed E-state index contributed by atoms with van der Waals surface area (Å²) in [5.41, 5.74) is 8.81. The van der Waals surface area contributed by atoms with Crippen molar-refractivity contribution in [3.8, 4) is 11.3 Å². The zero-order chi connectivity index (χ0) is 15.2. The molecule has 6 heteroatoms. The summed E-state index contributed by atoms with van der Waals surface area (Å²) in [6.45, 7) is 3.85. The molecule has 0 spiro atoms. The van der Waals surface area contributed by atoms with E-state index in [1.807, 2.05) is 5.38 Å². The molecule has 2 rings (SSSR count). The standard InChI is InChI=1S/C16H21N3OS.ClH/c1-3-4-5-12-6-8-13(9-7-12)14-10-21-16(18-14)19-15(20)11(2)17;/h6-11H,3-5,17H2,1-2H3,(H,18,19,20);1H/t11-;/m0./s1. The number of rotatable bonds is 6. The molecule has 0 saturated heterocycles. The van der Waals surface area contributed by atoms with Crippen LogP contribution in [0.25, 0.3) is 11.3 Å². The first-order chi connectivity index (χ1) is 10.1. The molecule has 1 atom stereocenters. The second-order valence-electron chi connectivity index (χ2n) is 5.12. The predicted molar refractivity (Wildman–Crippen MR) is 95.7 cm³/mol. The second kappa shape index (κ2) is 8.88. The summed E-state index contributed by atoms with van der Waals surface area (Å²) in [5, 5.41) is 5.24. The summed E-state index contributed by atoms with van der Waals surface area (Å²) in [4.78, 5) is 16.0. The van der Waals surface area contributed by atoms with E-state index in [0.29, 0.717) is 5.13 Å². The molecule has 0 fully saturated rings. The van der Waals surface area contributed by atoms with Crippen molar-refractivity contribution in [2.75, 3.05) is 5.32 Å². The number of carbonyl (C=O) groups is 1. The predicted octanol–water partition coefficient (Wildman–Crippen LogP) is 3.86. The molecule has 4 nitrogen and oxygen atoms in total. The van der Waals surface area contributed by atoms with Gasteiger partial charge in [-0.05, 0) is 25.3 Å². The topological polar surface area (TPSA) is 68.0 Å². The van der Waals surface area contributed by atoms with Crippen molar-refractivity contribution in [3.63, 3.8) is 0 Å². The van der Waals surface area contributed by atoms with E-state index in [0.717, 1.165) is 17.7 Å². The lowest BCUT2D eigenvalue weighted by Crippen LogP contribution is -2.32. The number of carbonyl (C=O) groups excluding carboxylic acids is 1. The molecule has 0 saturated carbocycles. The molecule has 120 valence electrons. The summed E-state index contributed by atoms with van der Waals surface area (Å²) in [7, 11) is 0. The summed E-state index contributed by atoms with van der Waals surface area (Å²) >= 11 is 1.41.